The molecule has 1 aromatic rings. The zero-order valence-corrected chi connectivity index (χ0v) is 10.4. The second-order valence-electron chi connectivity index (χ2n) is 4.52. The maximum absolute atomic E-state index is 11.6. The number of ether oxygens (including phenoxy) is 1. The van der Waals surface area contributed by atoms with Gasteiger partial charge in [-0.2, -0.15) is 0 Å². The summed E-state index contributed by atoms with van der Waals surface area (Å²) in [7, 11) is 1.36. The molecule has 0 amide bonds. The topological polar surface area (TPSA) is 46.5 Å². The van der Waals surface area contributed by atoms with E-state index in [0.29, 0.717) is 5.56 Å². The number of aryl methyl sites for hydroxylation is 1. The minimum absolute atomic E-state index is 0.369. The Hall–Kier alpha value is -1.35. The Balaban J connectivity index is 3.39. The SMILES string of the molecule is COC(=O)c1cc(C(C)(C)O)cc(C)c1C. The number of carbonyl (C=O) groups is 1. The third kappa shape index (κ3) is 2.42. The van der Waals surface area contributed by atoms with Crippen molar-refractivity contribution in [2.45, 2.75) is 33.3 Å². The normalized spacial score (nSPS) is 11.4. The molecule has 3 nitrogen and oxygen atoms in total. The van der Waals surface area contributed by atoms with E-state index in [-0.39, 0.29) is 5.97 Å². The number of rotatable bonds is 2. The Morgan fingerprint density at radius 3 is 2.31 bits per heavy atom. The standard InChI is InChI=1S/C13H18O3/c1-8-6-10(13(3,4)15)7-11(9(8)2)12(14)16-5/h6-7,15H,1-5H3. The average molecular weight is 222 g/mol. The molecule has 0 aliphatic carbocycles. The van der Waals surface area contributed by atoms with E-state index in [1.165, 1.54) is 7.11 Å². The highest BCUT2D eigenvalue weighted by Gasteiger charge is 2.20. The summed E-state index contributed by atoms with van der Waals surface area (Å²) in [5.74, 6) is -0.369. The van der Waals surface area contributed by atoms with Gasteiger partial charge in [0.05, 0.1) is 18.3 Å². The summed E-state index contributed by atoms with van der Waals surface area (Å²) in [6.07, 6.45) is 0. The Bertz CT molecular complexity index is 414. The van der Waals surface area contributed by atoms with Crippen molar-refractivity contribution in [1.29, 1.82) is 0 Å². The summed E-state index contributed by atoms with van der Waals surface area (Å²) in [4.78, 5) is 11.6. The highest BCUT2D eigenvalue weighted by Crippen LogP contribution is 2.25. The fraction of sp³-hybridized carbons (Fsp3) is 0.462. The fourth-order valence-electron chi connectivity index (χ4n) is 1.53. The Morgan fingerprint density at radius 1 is 1.31 bits per heavy atom. The lowest BCUT2D eigenvalue weighted by atomic mass is 9.91. The van der Waals surface area contributed by atoms with Gasteiger partial charge >= 0.3 is 5.97 Å². The molecular weight excluding hydrogens is 204 g/mol. The first-order valence-corrected chi connectivity index (χ1v) is 5.19. The molecule has 0 bridgehead atoms. The highest BCUT2D eigenvalue weighted by molar-refractivity contribution is 5.91. The fourth-order valence-corrected chi connectivity index (χ4v) is 1.53. The van der Waals surface area contributed by atoms with Gasteiger partial charge in [0.2, 0.25) is 0 Å². The van der Waals surface area contributed by atoms with Crippen LogP contribution in [-0.2, 0) is 10.3 Å². The van der Waals surface area contributed by atoms with Crippen LogP contribution in [0.25, 0.3) is 0 Å². The molecule has 3 heteroatoms. The van der Waals surface area contributed by atoms with E-state index in [2.05, 4.69) is 0 Å². The van der Waals surface area contributed by atoms with E-state index >= 15 is 0 Å². The van der Waals surface area contributed by atoms with Gasteiger partial charge in [0, 0.05) is 0 Å². The van der Waals surface area contributed by atoms with Crippen molar-refractivity contribution in [3.8, 4) is 0 Å². The van der Waals surface area contributed by atoms with Gasteiger partial charge in [-0.05, 0) is 50.5 Å². The van der Waals surface area contributed by atoms with Crippen LogP contribution in [-0.4, -0.2) is 18.2 Å². The molecule has 0 aromatic heterocycles. The van der Waals surface area contributed by atoms with E-state index in [1.807, 2.05) is 19.9 Å². The number of hydrogen-bond acceptors (Lipinski definition) is 3. The second-order valence-corrected chi connectivity index (χ2v) is 4.52. The minimum Gasteiger partial charge on any atom is -0.465 e. The first-order chi connectivity index (χ1) is 7.27. The number of carbonyl (C=O) groups excluding carboxylic acids is 1. The van der Waals surface area contributed by atoms with Gasteiger partial charge in [-0.25, -0.2) is 4.79 Å². The third-order valence-corrected chi connectivity index (χ3v) is 2.78. The molecular formula is C13H18O3. The molecule has 1 rings (SSSR count). The molecule has 0 heterocycles. The zero-order valence-electron chi connectivity index (χ0n) is 10.4. The summed E-state index contributed by atoms with van der Waals surface area (Å²) < 4.78 is 4.72. The van der Waals surface area contributed by atoms with Crippen LogP contribution >= 0.6 is 0 Å². The van der Waals surface area contributed by atoms with Crippen molar-refractivity contribution < 1.29 is 14.6 Å². The average Bonchev–Trinajstić information content (AvgIpc) is 2.19. The monoisotopic (exact) mass is 222 g/mol. The van der Waals surface area contributed by atoms with Crippen molar-refractivity contribution in [2.75, 3.05) is 7.11 Å². The minimum atomic E-state index is -0.957. The van der Waals surface area contributed by atoms with Gasteiger partial charge in [-0.15, -0.1) is 0 Å². The van der Waals surface area contributed by atoms with E-state index in [1.54, 1.807) is 19.9 Å². The van der Waals surface area contributed by atoms with Crippen LogP contribution in [0.5, 0.6) is 0 Å². The van der Waals surface area contributed by atoms with Gasteiger partial charge in [-0.1, -0.05) is 6.07 Å². The number of methoxy groups -OCH3 is 1. The third-order valence-electron chi connectivity index (χ3n) is 2.78. The predicted molar refractivity (Wildman–Crippen MR) is 62.5 cm³/mol. The molecule has 0 aliphatic rings. The van der Waals surface area contributed by atoms with Crippen LogP contribution in [0.15, 0.2) is 12.1 Å². The first kappa shape index (κ1) is 12.7. The first-order valence-electron chi connectivity index (χ1n) is 5.19. The van der Waals surface area contributed by atoms with E-state index in [9.17, 15) is 9.90 Å². The van der Waals surface area contributed by atoms with Crippen LogP contribution in [0.3, 0.4) is 0 Å². The predicted octanol–water partition coefficient (Wildman–Crippen LogP) is 2.32. The highest BCUT2D eigenvalue weighted by atomic mass is 16.5. The van der Waals surface area contributed by atoms with Crippen molar-refractivity contribution in [2.24, 2.45) is 0 Å². The number of esters is 1. The molecule has 0 unspecified atom stereocenters. The summed E-state index contributed by atoms with van der Waals surface area (Å²) in [6.45, 7) is 7.17. The molecule has 1 N–H and O–H groups in total. The van der Waals surface area contributed by atoms with Crippen molar-refractivity contribution in [3.63, 3.8) is 0 Å². The Labute approximate surface area is 96.1 Å². The molecule has 0 fully saturated rings. The maximum Gasteiger partial charge on any atom is 0.338 e. The van der Waals surface area contributed by atoms with Gasteiger partial charge < -0.3 is 9.84 Å². The Morgan fingerprint density at radius 2 is 1.88 bits per heavy atom. The lowest BCUT2D eigenvalue weighted by Gasteiger charge is -2.20. The maximum atomic E-state index is 11.6. The van der Waals surface area contributed by atoms with E-state index in [4.69, 9.17) is 4.74 Å². The number of aliphatic hydroxyl groups is 1. The summed E-state index contributed by atoms with van der Waals surface area (Å²) in [5.41, 5.74) is 2.14. The Kier molecular flexibility index (Phi) is 3.38. The second kappa shape index (κ2) is 4.26. The molecule has 0 aliphatic heterocycles. The zero-order chi connectivity index (χ0) is 12.5. The molecule has 88 valence electrons. The van der Waals surface area contributed by atoms with E-state index in [0.717, 1.165) is 16.7 Å². The molecule has 1 aromatic carbocycles. The van der Waals surface area contributed by atoms with Gasteiger partial charge in [0.1, 0.15) is 0 Å². The van der Waals surface area contributed by atoms with Crippen LogP contribution in [0.2, 0.25) is 0 Å². The molecule has 0 atom stereocenters. The summed E-state index contributed by atoms with van der Waals surface area (Å²) in [6, 6.07) is 3.58. The lowest BCUT2D eigenvalue weighted by Crippen LogP contribution is -2.17. The van der Waals surface area contributed by atoms with Crippen molar-refractivity contribution in [3.05, 3.63) is 34.4 Å². The molecule has 0 radical (unpaired) electrons. The van der Waals surface area contributed by atoms with Crippen LogP contribution in [0.1, 0.15) is 40.9 Å². The molecule has 0 saturated carbocycles. The largest absolute Gasteiger partial charge is 0.465 e. The molecule has 0 spiro atoms. The summed E-state index contributed by atoms with van der Waals surface area (Å²) >= 11 is 0. The number of hydrogen-bond donors (Lipinski definition) is 1. The summed E-state index contributed by atoms with van der Waals surface area (Å²) in [5, 5.41) is 9.93. The molecule has 16 heavy (non-hydrogen) atoms. The van der Waals surface area contributed by atoms with Gasteiger partial charge in [0.15, 0.2) is 0 Å². The lowest BCUT2D eigenvalue weighted by molar-refractivity contribution is 0.0597. The van der Waals surface area contributed by atoms with Crippen LogP contribution in [0, 0.1) is 13.8 Å². The van der Waals surface area contributed by atoms with Crippen LogP contribution < -0.4 is 0 Å². The van der Waals surface area contributed by atoms with Gasteiger partial charge in [-0.3, -0.25) is 0 Å². The van der Waals surface area contributed by atoms with Crippen molar-refractivity contribution in [1.82, 2.24) is 0 Å². The van der Waals surface area contributed by atoms with Gasteiger partial charge in [0.25, 0.3) is 0 Å². The smallest absolute Gasteiger partial charge is 0.338 e. The van der Waals surface area contributed by atoms with Crippen molar-refractivity contribution >= 4 is 5.97 Å². The van der Waals surface area contributed by atoms with E-state index < -0.39 is 5.60 Å². The number of benzene rings is 1. The van der Waals surface area contributed by atoms with Crippen LogP contribution in [0.4, 0.5) is 0 Å². The quantitative estimate of drug-likeness (QED) is 0.781. The molecule has 0 saturated heterocycles.